The van der Waals surface area contributed by atoms with Gasteiger partial charge >= 0.3 is 0 Å². The Bertz CT molecular complexity index is 148. The van der Waals surface area contributed by atoms with E-state index in [0.29, 0.717) is 5.54 Å². The number of hydrogen-bond donors (Lipinski definition) is 3. The molecular formula is C10H26N3+3. The molecule has 0 bridgehead atoms. The third kappa shape index (κ3) is 2.66. The molecule has 5 N–H and O–H groups in total. The second-order valence-corrected chi connectivity index (χ2v) is 4.84. The second-order valence-electron chi connectivity index (χ2n) is 4.84. The van der Waals surface area contributed by atoms with Gasteiger partial charge in [0, 0.05) is 0 Å². The van der Waals surface area contributed by atoms with Crippen molar-refractivity contribution in [2.75, 3.05) is 39.3 Å². The molecule has 0 radical (unpaired) electrons. The first kappa shape index (κ1) is 11.0. The summed E-state index contributed by atoms with van der Waals surface area (Å²) in [4.78, 5) is 3.52. The van der Waals surface area contributed by atoms with Gasteiger partial charge in [-0.25, -0.2) is 0 Å². The normalized spacial score (nSPS) is 30.5. The minimum atomic E-state index is 0.388. The zero-order valence-corrected chi connectivity index (χ0v) is 9.45. The van der Waals surface area contributed by atoms with E-state index >= 15 is 0 Å². The third-order valence-corrected chi connectivity index (χ3v) is 3.64. The van der Waals surface area contributed by atoms with Gasteiger partial charge in [-0.15, -0.1) is 0 Å². The summed E-state index contributed by atoms with van der Waals surface area (Å²) < 4.78 is 0. The van der Waals surface area contributed by atoms with Crippen molar-refractivity contribution >= 4 is 0 Å². The molecule has 1 fully saturated rings. The Morgan fingerprint density at radius 1 is 1.15 bits per heavy atom. The van der Waals surface area contributed by atoms with E-state index in [1.807, 2.05) is 0 Å². The van der Waals surface area contributed by atoms with E-state index in [9.17, 15) is 0 Å². The molecule has 3 nitrogen and oxygen atoms in total. The van der Waals surface area contributed by atoms with Gasteiger partial charge in [0.2, 0.25) is 0 Å². The standard InChI is InChI=1S/C10H23N3/c1-4-12-5-7-13(8-6-12)10(2,3)9-11/h4-9,11H2,1-3H3/p+3. The zero-order chi connectivity index (χ0) is 9.90. The van der Waals surface area contributed by atoms with Crippen LogP contribution in [0.5, 0.6) is 0 Å². The summed E-state index contributed by atoms with van der Waals surface area (Å²) in [6.07, 6.45) is 0. The van der Waals surface area contributed by atoms with Gasteiger partial charge < -0.3 is 15.5 Å². The molecule has 1 rings (SSSR count). The van der Waals surface area contributed by atoms with Crippen LogP contribution in [-0.4, -0.2) is 44.8 Å². The first-order valence-electron chi connectivity index (χ1n) is 5.58. The molecule has 0 aromatic rings. The van der Waals surface area contributed by atoms with Crippen LogP contribution in [0.25, 0.3) is 0 Å². The maximum atomic E-state index is 4.04. The van der Waals surface area contributed by atoms with Crippen LogP contribution in [0.2, 0.25) is 0 Å². The molecule has 0 saturated carbocycles. The largest absolute Gasteiger partial charge is 0.352 e. The van der Waals surface area contributed by atoms with Crippen LogP contribution in [0.1, 0.15) is 20.8 Å². The van der Waals surface area contributed by atoms with Crippen molar-refractivity contribution < 1.29 is 15.5 Å². The predicted molar refractivity (Wildman–Crippen MR) is 53.8 cm³/mol. The maximum Gasteiger partial charge on any atom is 0.141 e. The summed E-state index contributed by atoms with van der Waals surface area (Å²) in [5.74, 6) is 0. The highest BCUT2D eigenvalue weighted by atomic mass is 15.3. The van der Waals surface area contributed by atoms with Gasteiger partial charge in [0.05, 0.1) is 6.54 Å². The smallest absolute Gasteiger partial charge is 0.141 e. The lowest BCUT2D eigenvalue weighted by Crippen LogP contribution is -3.32. The molecule has 0 aliphatic carbocycles. The summed E-state index contributed by atoms with van der Waals surface area (Å²) in [6.45, 7) is 14.6. The van der Waals surface area contributed by atoms with Crippen molar-refractivity contribution in [3.63, 3.8) is 0 Å². The fourth-order valence-electron chi connectivity index (χ4n) is 2.11. The van der Waals surface area contributed by atoms with Crippen molar-refractivity contribution in [1.29, 1.82) is 0 Å². The van der Waals surface area contributed by atoms with Crippen molar-refractivity contribution in [3.8, 4) is 0 Å². The highest BCUT2D eigenvalue weighted by Gasteiger charge is 2.35. The lowest BCUT2D eigenvalue weighted by Gasteiger charge is -2.37. The molecule has 0 amide bonds. The molecule has 1 aliphatic rings. The summed E-state index contributed by atoms with van der Waals surface area (Å²) in [7, 11) is 0. The van der Waals surface area contributed by atoms with Gasteiger partial charge in [0.25, 0.3) is 0 Å². The van der Waals surface area contributed by atoms with Gasteiger partial charge in [-0.3, -0.25) is 0 Å². The number of nitrogens with one attached hydrogen (secondary N) is 2. The lowest BCUT2D eigenvalue weighted by molar-refractivity contribution is -1.04. The van der Waals surface area contributed by atoms with E-state index in [0.717, 1.165) is 6.54 Å². The molecule has 78 valence electrons. The van der Waals surface area contributed by atoms with Crippen molar-refractivity contribution in [1.82, 2.24) is 0 Å². The van der Waals surface area contributed by atoms with Crippen molar-refractivity contribution in [2.24, 2.45) is 0 Å². The van der Waals surface area contributed by atoms with E-state index < -0.39 is 0 Å². The molecular weight excluding hydrogens is 162 g/mol. The van der Waals surface area contributed by atoms with Gasteiger partial charge in [-0.2, -0.15) is 0 Å². The fourth-order valence-corrected chi connectivity index (χ4v) is 2.11. The van der Waals surface area contributed by atoms with Crippen LogP contribution in [0, 0.1) is 0 Å². The Labute approximate surface area is 81.9 Å². The van der Waals surface area contributed by atoms with Crippen LogP contribution < -0.4 is 15.5 Å². The highest BCUT2D eigenvalue weighted by molar-refractivity contribution is 4.63. The van der Waals surface area contributed by atoms with Gasteiger partial charge in [-0.05, 0) is 20.8 Å². The average Bonchev–Trinajstić information content (AvgIpc) is 2.18. The lowest BCUT2D eigenvalue weighted by atomic mass is 10.0. The minimum absolute atomic E-state index is 0.388. The Hall–Kier alpha value is -0.120. The molecule has 1 aliphatic heterocycles. The molecule has 3 heteroatoms. The number of likely N-dealkylation sites (N-methyl/N-ethyl adjacent to an activating group) is 1. The predicted octanol–water partition coefficient (Wildman–Crippen LogP) is -3.19. The number of piperazine rings is 1. The SMILES string of the molecule is CC[NH+]1CC[NH+](C(C)(C)C[NH3+])CC1. The summed E-state index contributed by atoms with van der Waals surface area (Å²) >= 11 is 0. The van der Waals surface area contributed by atoms with E-state index in [4.69, 9.17) is 0 Å². The van der Waals surface area contributed by atoms with E-state index in [1.165, 1.54) is 32.7 Å². The van der Waals surface area contributed by atoms with E-state index in [1.54, 1.807) is 9.80 Å². The number of quaternary nitrogens is 3. The zero-order valence-electron chi connectivity index (χ0n) is 9.45. The molecule has 1 heterocycles. The quantitative estimate of drug-likeness (QED) is 0.418. The Balaban J connectivity index is 2.40. The Kier molecular flexibility index (Phi) is 3.71. The average molecular weight is 188 g/mol. The van der Waals surface area contributed by atoms with Crippen LogP contribution in [0.3, 0.4) is 0 Å². The van der Waals surface area contributed by atoms with E-state index in [-0.39, 0.29) is 0 Å². The van der Waals surface area contributed by atoms with Crippen molar-refractivity contribution in [2.45, 2.75) is 26.3 Å². The number of hydrogen-bond acceptors (Lipinski definition) is 0. The Morgan fingerprint density at radius 3 is 2.08 bits per heavy atom. The van der Waals surface area contributed by atoms with Gasteiger partial charge in [0.1, 0.15) is 38.3 Å². The molecule has 0 aromatic carbocycles. The topological polar surface area (TPSA) is 36.5 Å². The number of rotatable bonds is 3. The monoisotopic (exact) mass is 188 g/mol. The van der Waals surface area contributed by atoms with Crippen LogP contribution in [0.4, 0.5) is 0 Å². The minimum Gasteiger partial charge on any atom is -0.352 e. The van der Waals surface area contributed by atoms with Crippen molar-refractivity contribution in [3.05, 3.63) is 0 Å². The van der Waals surface area contributed by atoms with E-state index in [2.05, 4.69) is 26.5 Å². The first-order valence-corrected chi connectivity index (χ1v) is 5.58. The van der Waals surface area contributed by atoms with Crippen LogP contribution in [0.15, 0.2) is 0 Å². The first-order chi connectivity index (χ1) is 6.10. The van der Waals surface area contributed by atoms with Crippen LogP contribution in [-0.2, 0) is 0 Å². The van der Waals surface area contributed by atoms with Gasteiger partial charge in [-0.1, -0.05) is 0 Å². The fraction of sp³-hybridized carbons (Fsp3) is 1.00. The summed E-state index contributed by atoms with van der Waals surface area (Å²) in [6, 6.07) is 0. The summed E-state index contributed by atoms with van der Waals surface area (Å²) in [5, 5.41) is 0. The molecule has 0 unspecified atom stereocenters. The van der Waals surface area contributed by atoms with Gasteiger partial charge in [0.15, 0.2) is 0 Å². The molecule has 0 atom stereocenters. The molecule has 0 aromatic heterocycles. The highest BCUT2D eigenvalue weighted by Crippen LogP contribution is 1.90. The summed E-state index contributed by atoms with van der Waals surface area (Å²) in [5.41, 5.74) is 4.43. The second kappa shape index (κ2) is 4.40. The molecule has 1 saturated heterocycles. The third-order valence-electron chi connectivity index (χ3n) is 3.64. The maximum absolute atomic E-state index is 4.04. The van der Waals surface area contributed by atoms with Crippen LogP contribution >= 0.6 is 0 Å². The molecule has 13 heavy (non-hydrogen) atoms. The Morgan fingerprint density at radius 2 is 1.69 bits per heavy atom. The molecule has 0 spiro atoms.